The van der Waals surface area contributed by atoms with Gasteiger partial charge in [0, 0.05) is 44.7 Å². The van der Waals surface area contributed by atoms with E-state index in [1.807, 2.05) is 21.9 Å². The number of carbonyl (C=O) groups is 3. The smallest absolute Gasteiger partial charge is 0.307 e. The summed E-state index contributed by atoms with van der Waals surface area (Å²) in [7, 11) is 4.55. The summed E-state index contributed by atoms with van der Waals surface area (Å²) in [5.74, 6) is 1.37. The molecule has 0 N–H and O–H groups in total. The number of amides is 2. The predicted octanol–water partition coefficient (Wildman–Crippen LogP) is 1.25. The zero-order chi connectivity index (χ0) is 23.5. The highest BCUT2D eigenvalue weighted by Gasteiger charge is 2.36. The fourth-order valence-corrected chi connectivity index (χ4v) is 4.79. The zero-order valence-corrected chi connectivity index (χ0v) is 19.7. The lowest BCUT2D eigenvalue weighted by atomic mass is 9.90. The van der Waals surface area contributed by atoms with Crippen molar-refractivity contribution < 1.29 is 28.6 Å². The number of rotatable bonds is 7. The van der Waals surface area contributed by atoms with Gasteiger partial charge in [-0.05, 0) is 42.5 Å². The average Bonchev–Trinajstić information content (AvgIpc) is 3.69. The molecule has 2 aliphatic heterocycles. The van der Waals surface area contributed by atoms with E-state index in [4.69, 9.17) is 14.2 Å². The molecule has 4 rings (SSSR count). The number of hydrogen-bond acceptors (Lipinski definition) is 7. The Morgan fingerprint density at radius 2 is 1.55 bits per heavy atom. The minimum absolute atomic E-state index is 0.0207. The lowest BCUT2D eigenvalue weighted by molar-refractivity contribution is -0.144. The highest BCUT2D eigenvalue weighted by Crippen LogP contribution is 2.39. The van der Waals surface area contributed by atoms with Gasteiger partial charge in [-0.25, -0.2) is 0 Å². The van der Waals surface area contributed by atoms with Crippen LogP contribution in [0.4, 0.5) is 0 Å². The van der Waals surface area contributed by atoms with Gasteiger partial charge >= 0.3 is 5.97 Å². The Labute approximate surface area is 194 Å². The molecule has 2 fully saturated rings. The summed E-state index contributed by atoms with van der Waals surface area (Å²) in [6.45, 7) is 3.14. The maximum atomic E-state index is 13.1. The highest BCUT2D eigenvalue weighted by molar-refractivity contribution is 5.82. The third-order valence-electron chi connectivity index (χ3n) is 6.91. The fourth-order valence-electron chi connectivity index (χ4n) is 4.79. The van der Waals surface area contributed by atoms with Crippen LogP contribution in [0.5, 0.6) is 11.5 Å². The van der Waals surface area contributed by atoms with Crippen LogP contribution >= 0.6 is 0 Å². The third-order valence-corrected chi connectivity index (χ3v) is 6.91. The van der Waals surface area contributed by atoms with E-state index in [2.05, 4.69) is 4.90 Å². The van der Waals surface area contributed by atoms with Crippen LogP contribution in [0.15, 0.2) is 12.1 Å². The van der Waals surface area contributed by atoms with E-state index in [1.54, 1.807) is 14.2 Å². The lowest BCUT2D eigenvalue weighted by Crippen LogP contribution is -2.53. The summed E-state index contributed by atoms with van der Waals surface area (Å²) in [5.41, 5.74) is 2.04. The topological polar surface area (TPSA) is 88.6 Å². The maximum Gasteiger partial charge on any atom is 0.307 e. The van der Waals surface area contributed by atoms with Gasteiger partial charge in [-0.1, -0.05) is 0 Å². The van der Waals surface area contributed by atoms with Crippen molar-refractivity contribution in [3.63, 3.8) is 0 Å². The van der Waals surface area contributed by atoms with Gasteiger partial charge in [0.05, 0.1) is 34.3 Å². The Morgan fingerprint density at radius 3 is 2.15 bits per heavy atom. The van der Waals surface area contributed by atoms with Crippen LogP contribution in [0.3, 0.4) is 0 Å². The fraction of sp³-hybridized carbons (Fsp3) is 0.625. The van der Waals surface area contributed by atoms with Gasteiger partial charge in [0.2, 0.25) is 11.8 Å². The molecule has 0 spiro atoms. The molecule has 9 heteroatoms. The molecule has 1 aliphatic carbocycles. The Morgan fingerprint density at radius 1 is 0.909 bits per heavy atom. The van der Waals surface area contributed by atoms with E-state index in [-0.39, 0.29) is 42.7 Å². The summed E-state index contributed by atoms with van der Waals surface area (Å²) in [4.78, 5) is 43.4. The van der Waals surface area contributed by atoms with Crippen molar-refractivity contribution in [3.05, 3.63) is 23.3 Å². The summed E-state index contributed by atoms with van der Waals surface area (Å²) in [6, 6.07) is 3.57. The summed E-state index contributed by atoms with van der Waals surface area (Å²) in [5, 5.41) is 0. The van der Waals surface area contributed by atoms with Crippen LogP contribution in [-0.4, -0.2) is 93.1 Å². The standard InChI is InChI=1S/C24H33N3O6/c1-31-20-12-17-6-7-27(19(14-23(29)33-3)18(17)13-21(20)32-2)15-22(28)25-8-10-26(11-9-25)24(30)16-4-5-16/h12-13,16,19H,4-11,14-15H2,1-3H3. The average molecular weight is 460 g/mol. The van der Waals surface area contributed by atoms with Crippen LogP contribution in [-0.2, 0) is 25.5 Å². The quantitative estimate of drug-likeness (QED) is 0.567. The first-order valence-electron chi connectivity index (χ1n) is 11.6. The van der Waals surface area contributed by atoms with Crippen LogP contribution < -0.4 is 9.47 Å². The molecule has 180 valence electrons. The number of benzene rings is 1. The third kappa shape index (κ3) is 5.08. The molecule has 1 aromatic rings. The Hall–Kier alpha value is -2.81. The van der Waals surface area contributed by atoms with Crippen LogP contribution in [0.2, 0.25) is 0 Å². The van der Waals surface area contributed by atoms with E-state index in [0.29, 0.717) is 44.2 Å². The van der Waals surface area contributed by atoms with Crippen LogP contribution in [0.25, 0.3) is 0 Å². The molecular weight excluding hydrogens is 426 g/mol. The first kappa shape index (κ1) is 23.4. The molecule has 1 atom stereocenters. The number of esters is 1. The van der Waals surface area contributed by atoms with Gasteiger partial charge in [0.15, 0.2) is 11.5 Å². The maximum absolute atomic E-state index is 13.1. The molecule has 1 saturated heterocycles. The molecule has 1 saturated carbocycles. The second-order valence-corrected chi connectivity index (χ2v) is 8.90. The summed E-state index contributed by atoms with van der Waals surface area (Å²) >= 11 is 0. The number of piperazine rings is 1. The van der Waals surface area contributed by atoms with Crippen molar-refractivity contribution in [1.82, 2.24) is 14.7 Å². The first-order chi connectivity index (χ1) is 15.9. The number of fused-ring (bicyclic) bond motifs is 1. The van der Waals surface area contributed by atoms with Crippen LogP contribution in [0.1, 0.15) is 36.4 Å². The zero-order valence-electron chi connectivity index (χ0n) is 19.7. The van der Waals surface area contributed by atoms with Gasteiger partial charge in [-0.15, -0.1) is 0 Å². The van der Waals surface area contributed by atoms with Crippen molar-refractivity contribution in [2.45, 2.75) is 31.7 Å². The first-order valence-corrected chi connectivity index (χ1v) is 11.6. The molecule has 33 heavy (non-hydrogen) atoms. The summed E-state index contributed by atoms with van der Waals surface area (Å²) < 4.78 is 15.9. The van der Waals surface area contributed by atoms with Gasteiger partial charge in [-0.2, -0.15) is 0 Å². The van der Waals surface area contributed by atoms with Gasteiger partial charge < -0.3 is 24.0 Å². The minimum atomic E-state index is -0.327. The van der Waals surface area contributed by atoms with E-state index >= 15 is 0 Å². The van der Waals surface area contributed by atoms with E-state index < -0.39 is 0 Å². The Balaban J connectivity index is 1.46. The van der Waals surface area contributed by atoms with E-state index in [1.165, 1.54) is 7.11 Å². The molecule has 9 nitrogen and oxygen atoms in total. The Bertz CT molecular complexity index is 908. The van der Waals surface area contributed by atoms with E-state index in [0.717, 1.165) is 30.4 Å². The van der Waals surface area contributed by atoms with Gasteiger partial charge in [0.25, 0.3) is 0 Å². The van der Waals surface area contributed by atoms with Crippen molar-refractivity contribution >= 4 is 17.8 Å². The molecule has 3 aliphatic rings. The number of methoxy groups -OCH3 is 3. The SMILES string of the molecule is COC(=O)CC1c2cc(OC)c(OC)cc2CCN1CC(=O)N1CCN(C(=O)C2CC2)CC1. The number of hydrogen-bond donors (Lipinski definition) is 0. The number of ether oxygens (including phenoxy) is 3. The van der Waals surface area contributed by atoms with Crippen molar-refractivity contribution in [3.8, 4) is 11.5 Å². The van der Waals surface area contributed by atoms with Crippen molar-refractivity contribution in [1.29, 1.82) is 0 Å². The van der Waals surface area contributed by atoms with Crippen molar-refractivity contribution in [2.24, 2.45) is 5.92 Å². The molecular formula is C24H33N3O6. The molecule has 0 aromatic heterocycles. The lowest BCUT2D eigenvalue weighted by Gasteiger charge is -2.39. The molecule has 1 aromatic carbocycles. The molecule has 2 heterocycles. The van der Waals surface area contributed by atoms with Crippen LogP contribution in [0, 0.1) is 5.92 Å². The molecule has 2 amide bonds. The predicted molar refractivity (Wildman–Crippen MR) is 120 cm³/mol. The van der Waals surface area contributed by atoms with E-state index in [9.17, 15) is 14.4 Å². The normalized spacial score (nSPS) is 20.8. The second-order valence-electron chi connectivity index (χ2n) is 8.90. The largest absolute Gasteiger partial charge is 0.493 e. The highest BCUT2D eigenvalue weighted by atomic mass is 16.5. The number of carbonyl (C=O) groups excluding carboxylic acids is 3. The second kappa shape index (κ2) is 9.99. The Kier molecular flexibility index (Phi) is 7.07. The number of nitrogens with zero attached hydrogens (tertiary/aromatic N) is 3. The molecule has 1 unspecified atom stereocenters. The van der Waals surface area contributed by atoms with Gasteiger partial charge in [-0.3, -0.25) is 19.3 Å². The van der Waals surface area contributed by atoms with Gasteiger partial charge in [0.1, 0.15) is 0 Å². The monoisotopic (exact) mass is 459 g/mol. The molecule has 0 bridgehead atoms. The summed E-state index contributed by atoms with van der Waals surface area (Å²) in [6.07, 6.45) is 2.87. The van der Waals surface area contributed by atoms with Crippen molar-refractivity contribution in [2.75, 3.05) is 60.6 Å². The minimum Gasteiger partial charge on any atom is -0.493 e. The molecule has 0 radical (unpaired) electrons.